The number of ether oxygens (including phenoxy) is 1. The molecule has 0 saturated carbocycles. The molecule has 4 aromatic rings. The summed E-state index contributed by atoms with van der Waals surface area (Å²) in [5, 5.41) is 0.941. The summed E-state index contributed by atoms with van der Waals surface area (Å²) < 4.78 is 85.1. The second kappa shape index (κ2) is 10.5. The second-order valence-electron chi connectivity index (χ2n) is 10.4. The van der Waals surface area contributed by atoms with Crippen LogP contribution >= 0.6 is 11.6 Å². The predicted molar refractivity (Wildman–Crippen MR) is 156 cm³/mol. The molecule has 0 amide bonds. The van der Waals surface area contributed by atoms with Crippen LogP contribution in [0.25, 0.3) is 27.9 Å². The summed E-state index contributed by atoms with van der Waals surface area (Å²) in [5.74, 6) is 0.671. The number of aromatic nitrogens is 1. The van der Waals surface area contributed by atoms with Gasteiger partial charge in [0, 0.05) is 34.7 Å². The molecule has 1 spiro atoms. The highest BCUT2D eigenvalue weighted by molar-refractivity contribution is 7.86. The first kappa shape index (κ1) is 28.8. The van der Waals surface area contributed by atoms with Gasteiger partial charge in [0.25, 0.3) is 5.52 Å². The molecule has 0 radical (unpaired) electrons. The highest BCUT2D eigenvalue weighted by Crippen LogP contribution is 2.56. The molecule has 2 unspecified atom stereocenters. The van der Waals surface area contributed by atoms with E-state index in [4.69, 9.17) is 20.8 Å². The summed E-state index contributed by atoms with van der Waals surface area (Å²) in [6.07, 6.45) is 4.27. The Hall–Kier alpha value is -3.26. The van der Waals surface area contributed by atoms with Gasteiger partial charge in [0.05, 0.1) is 29.2 Å². The third-order valence-electron chi connectivity index (χ3n) is 7.92. The van der Waals surface area contributed by atoms with Gasteiger partial charge in [-0.1, -0.05) is 42.8 Å². The van der Waals surface area contributed by atoms with Gasteiger partial charge in [-0.3, -0.25) is 0 Å². The summed E-state index contributed by atoms with van der Waals surface area (Å²) in [5.41, 5.74) is 2.50. The number of quaternary nitrogens is 1. The molecular weight excluding hydrogens is 604 g/mol. The highest BCUT2D eigenvalue weighted by Gasteiger charge is 2.61. The van der Waals surface area contributed by atoms with E-state index in [9.17, 15) is 25.9 Å². The standard InChI is InChI=1S/C29H27ClN2O8S2/c1-2-19(16-26-31(13-5-15-41(33,34)35)23-18-21(30)9-11-24(23)39-26)17-27-32(14-12-28(32)42(36,37)38)29-22-7-4-3-6-20(22)8-10-25(29)40-27/h3-4,6-11,16-18,28H,2,5,12-15H2,1H3. The molecule has 6 rings (SSSR count). The fourth-order valence-electron chi connectivity index (χ4n) is 5.92. The SMILES string of the molecule is CCC(=Cc1oc2ccc(Cl)cc2[n+]1CCCS(=O)(=O)[O-])C=C1Oc2ccc3ccccc3c2[N+]12CCC2S(=O)(=O)[O-]. The first-order chi connectivity index (χ1) is 19.9. The van der Waals surface area contributed by atoms with Crippen LogP contribution in [0.2, 0.25) is 5.02 Å². The molecule has 0 N–H and O–H groups in total. The second-order valence-corrected chi connectivity index (χ2v) is 13.9. The Kier molecular flexibility index (Phi) is 7.19. The van der Waals surface area contributed by atoms with Crippen LogP contribution in [-0.4, -0.2) is 43.6 Å². The number of halogens is 1. The van der Waals surface area contributed by atoms with E-state index in [0.717, 1.165) is 10.8 Å². The fraction of sp³-hybridized carbons (Fsp3) is 0.276. The van der Waals surface area contributed by atoms with Crippen molar-refractivity contribution in [2.45, 2.75) is 38.1 Å². The van der Waals surface area contributed by atoms with Gasteiger partial charge in [0.2, 0.25) is 5.58 Å². The van der Waals surface area contributed by atoms with Crippen molar-refractivity contribution in [2.75, 3.05) is 12.3 Å². The maximum absolute atomic E-state index is 12.5. The van der Waals surface area contributed by atoms with E-state index in [2.05, 4.69) is 0 Å². The van der Waals surface area contributed by atoms with Crippen LogP contribution in [0.5, 0.6) is 5.75 Å². The predicted octanol–water partition coefficient (Wildman–Crippen LogP) is 4.77. The summed E-state index contributed by atoms with van der Waals surface area (Å²) >= 11 is 6.22. The van der Waals surface area contributed by atoms with E-state index in [1.807, 2.05) is 37.3 Å². The molecule has 2 aliphatic heterocycles. The van der Waals surface area contributed by atoms with Crippen LogP contribution in [0.4, 0.5) is 5.69 Å². The van der Waals surface area contributed by atoms with Gasteiger partial charge in [-0.05, 0) is 41.6 Å². The zero-order valence-electron chi connectivity index (χ0n) is 22.5. The van der Waals surface area contributed by atoms with Crippen molar-refractivity contribution in [2.24, 2.45) is 0 Å². The van der Waals surface area contributed by atoms with E-state index in [-0.39, 0.29) is 23.9 Å². The minimum absolute atomic E-state index is 0.0650. The lowest BCUT2D eigenvalue weighted by molar-refractivity contribution is -0.677. The minimum atomic E-state index is -4.68. The van der Waals surface area contributed by atoms with Crippen LogP contribution < -0.4 is 13.8 Å². The molecule has 42 heavy (non-hydrogen) atoms. The van der Waals surface area contributed by atoms with Gasteiger partial charge < -0.3 is 18.3 Å². The Morgan fingerprint density at radius 1 is 1.12 bits per heavy atom. The first-order valence-electron chi connectivity index (χ1n) is 13.4. The summed E-state index contributed by atoms with van der Waals surface area (Å²) in [4.78, 5) is 0. The van der Waals surface area contributed by atoms with Gasteiger partial charge in [-0.25, -0.2) is 21.3 Å². The van der Waals surface area contributed by atoms with Crippen molar-refractivity contribution in [3.63, 3.8) is 0 Å². The fourth-order valence-corrected chi connectivity index (χ4v) is 7.72. The first-order valence-corrected chi connectivity index (χ1v) is 16.8. The molecule has 10 nitrogen and oxygen atoms in total. The summed E-state index contributed by atoms with van der Waals surface area (Å²) in [7, 11) is -9.08. The molecule has 3 heterocycles. The monoisotopic (exact) mass is 630 g/mol. The molecule has 1 fully saturated rings. The maximum atomic E-state index is 12.5. The van der Waals surface area contributed by atoms with Crippen molar-refractivity contribution < 1.29 is 39.7 Å². The third kappa shape index (κ3) is 5.01. The van der Waals surface area contributed by atoms with Crippen LogP contribution in [-0.2, 0) is 26.8 Å². The molecule has 2 atom stereocenters. The zero-order chi connectivity index (χ0) is 29.9. The van der Waals surface area contributed by atoms with E-state index in [1.54, 1.807) is 41.0 Å². The molecule has 0 aliphatic carbocycles. The van der Waals surface area contributed by atoms with Crippen LogP contribution in [0.15, 0.2) is 76.5 Å². The highest BCUT2D eigenvalue weighted by atomic mass is 35.5. The van der Waals surface area contributed by atoms with Gasteiger partial charge >= 0.3 is 11.8 Å². The summed E-state index contributed by atoms with van der Waals surface area (Å²) in [6.45, 7) is 2.47. The quantitative estimate of drug-likeness (QED) is 0.154. The van der Waals surface area contributed by atoms with E-state index in [0.29, 0.717) is 57.9 Å². The molecule has 13 heteroatoms. The number of oxazole rings is 1. The zero-order valence-corrected chi connectivity index (χ0v) is 24.9. The molecule has 1 aromatic heterocycles. The van der Waals surface area contributed by atoms with Crippen LogP contribution in [0.3, 0.4) is 0 Å². The number of aryl methyl sites for hydroxylation is 1. The van der Waals surface area contributed by atoms with E-state index >= 15 is 0 Å². The maximum Gasteiger partial charge on any atom is 0.374 e. The summed E-state index contributed by atoms with van der Waals surface area (Å²) in [6, 6.07) is 16.3. The molecule has 1 saturated heterocycles. The average molecular weight is 631 g/mol. The molecule has 220 valence electrons. The largest absolute Gasteiger partial charge is 0.748 e. The Morgan fingerprint density at radius 2 is 1.90 bits per heavy atom. The topological polar surface area (TPSA) is 141 Å². The number of hydrogen-bond acceptors (Lipinski definition) is 8. The van der Waals surface area contributed by atoms with Gasteiger partial charge in [-0.2, -0.15) is 4.57 Å². The van der Waals surface area contributed by atoms with Crippen molar-refractivity contribution in [3.8, 4) is 5.75 Å². The van der Waals surface area contributed by atoms with Crippen LogP contribution in [0, 0.1) is 0 Å². The minimum Gasteiger partial charge on any atom is -0.748 e. The van der Waals surface area contributed by atoms with Crippen LogP contribution in [0.1, 0.15) is 32.1 Å². The van der Waals surface area contributed by atoms with Gasteiger partial charge in [-0.15, -0.1) is 0 Å². The third-order valence-corrected chi connectivity index (χ3v) is 10.2. The number of allylic oxidation sites excluding steroid dienone is 2. The lowest BCUT2D eigenvalue weighted by Gasteiger charge is -2.48. The lowest BCUT2D eigenvalue weighted by Crippen LogP contribution is -2.67. The van der Waals surface area contributed by atoms with Gasteiger partial charge in [0.1, 0.15) is 0 Å². The van der Waals surface area contributed by atoms with E-state index < -0.39 is 31.4 Å². The molecular formula is C29H27ClN2O8S2. The number of nitrogens with zero attached hydrogens (tertiary/aromatic N) is 2. The Labute approximate surface area is 248 Å². The van der Waals surface area contributed by atoms with Crippen molar-refractivity contribution in [1.29, 1.82) is 0 Å². The average Bonchev–Trinajstić information content (AvgIpc) is 3.42. The number of fused-ring (bicyclic) bond motifs is 5. The smallest absolute Gasteiger partial charge is 0.374 e. The molecule has 0 bridgehead atoms. The van der Waals surface area contributed by atoms with E-state index in [1.165, 1.54) is 0 Å². The Morgan fingerprint density at radius 3 is 2.60 bits per heavy atom. The van der Waals surface area contributed by atoms with Crippen molar-refractivity contribution in [3.05, 3.63) is 83.0 Å². The number of rotatable bonds is 8. The molecule has 3 aromatic carbocycles. The number of benzene rings is 3. The lowest BCUT2D eigenvalue weighted by atomic mass is 10.0. The van der Waals surface area contributed by atoms with Crippen molar-refractivity contribution >= 4 is 65.5 Å². The molecule has 2 aliphatic rings. The van der Waals surface area contributed by atoms with Crippen molar-refractivity contribution in [1.82, 2.24) is 4.48 Å². The number of hydrogen-bond donors (Lipinski definition) is 0. The van der Waals surface area contributed by atoms with Gasteiger partial charge in [0.15, 0.2) is 33.5 Å². The normalized spacial score (nSPS) is 21.7. The Bertz CT molecular complexity index is 2020. The Balaban J connectivity index is 1.48.